The summed E-state index contributed by atoms with van der Waals surface area (Å²) in [5.74, 6) is 0.645. The van der Waals surface area contributed by atoms with Crippen molar-refractivity contribution in [2.75, 3.05) is 33.4 Å². The predicted molar refractivity (Wildman–Crippen MR) is 93.0 cm³/mol. The highest BCUT2D eigenvalue weighted by Gasteiger charge is 2.33. The van der Waals surface area contributed by atoms with Crippen molar-refractivity contribution in [3.63, 3.8) is 0 Å². The van der Waals surface area contributed by atoms with Crippen molar-refractivity contribution in [1.29, 1.82) is 0 Å². The molecule has 1 aromatic rings. The standard InChI is InChI=1S/C19H27FN2O3/c1-13(18-15(20)7-4-8-17(18)24-2)21-19(23)16-12-25-10-9-22(16)11-14-5-3-6-14/h4,7-8,13-14,16H,3,5-6,9-12H2,1-2H3,(H,21,23)/t13-,16+/m0/s1. The zero-order valence-electron chi connectivity index (χ0n) is 15.0. The van der Waals surface area contributed by atoms with Gasteiger partial charge in [0.25, 0.3) is 0 Å². The quantitative estimate of drug-likeness (QED) is 0.857. The maximum atomic E-state index is 14.2. The molecule has 2 aliphatic rings. The fourth-order valence-electron chi connectivity index (χ4n) is 3.60. The number of morpholine rings is 1. The van der Waals surface area contributed by atoms with Crippen LogP contribution >= 0.6 is 0 Å². The first kappa shape index (κ1) is 18.1. The van der Waals surface area contributed by atoms with Crippen LogP contribution in [0, 0.1) is 11.7 Å². The number of nitrogens with zero attached hydrogens (tertiary/aromatic N) is 1. The monoisotopic (exact) mass is 350 g/mol. The molecule has 1 aliphatic heterocycles. The van der Waals surface area contributed by atoms with Crippen LogP contribution in [-0.2, 0) is 9.53 Å². The Morgan fingerprint density at radius 2 is 2.28 bits per heavy atom. The molecule has 0 unspecified atom stereocenters. The third-order valence-corrected chi connectivity index (χ3v) is 5.28. The van der Waals surface area contributed by atoms with Crippen molar-refractivity contribution < 1.29 is 18.7 Å². The van der Waals surface area contributed by atoms with E-state index in [1.54, 1.807) is 19.1 Å². The number of nitrogens with one attached hydrogen (secondary N) is 1. The van der Waals surface area contributed by atoms with Crippen molar-refractivity contribution in [1.82, 2.24) is 10.2 Å². The van der Waals surface area contributed by atoms with Gasteiger partial charge in [-0.15, -0.1) is 0 Å². The molecule has 2 atom stereocenters. The number of hydrogen-bond acceptors (Lipinski definition) is 4. The molecule has 0 aromatic heterocycles. The first-order valence-electron chi connectivity index (χ1n) is 9.04. The van der Waals surface area contributed by atoms with Gasteiger partial charge in [0.05, 0.1) is 31.9 Å². The summed E-state index contributed by atoms with van der Waals surface area (Å²) in [4.78, 5) is 15.0. The summed E-state index contributed by atoms with van der Waals surface area (Å²) in [5.41, 5.74) is 0.376. The summed E-state index contributed by atoms with van der Waals surface area (Å²) >= 11 is 0. The van der Waals surface area contributed by atoms with Gasteiger partial charge < -0.3 is 14.8 Å². The van der Waals surface area contributed by atoms with E-state index in [4.69, 9.17) is 9.47 Å². The molecule has 1 aromatic carbocycles. The number of ether oxygens (including phenoxy) is 2. The molecule has 0 spiro atoms. The highest BCUT2D eigenvalue weighted by molar-refractivity contribution is 5.82. The second-order valence-electron chi connectivity index (χ2n) is 6.97. The molecule has 1 N–H and O–H groups in total. The number of carbonyl (C=O) groups is 1. The summed E-state index contributed by atoms with van der Waals surface area (Å²) < 4.78 is 25.0. The van der Waals surface area contributed by atoms with E-state index in [0.717, 1.165) is 13.1 Å². The minimum absolute atomic E-state index is 0.114. The Hall–Kier alpha value is -1.66. The molecule has 1 saturated heterocycles. The molecule has 0 bridgehead atoms. The van der Waals surface area contributed by atoms with Gasteiger partial charge in [-0.2, -0.15) is 0 Å². The Kier molecular flexibility index (Phi) is 5.91. The Morgan fingerprint density at radius 3 is 2.96 bits per heavy atom. The molecule has 25 heavy (non-hydrogen) atoms. The summed E-state index contributed by atoms with van der Waals surface area (Å²) in [5, 5.41) is 2.94. The Balaban J connectivity index is 1.67. The molecule has 0 radical (unpaired) electrons. The van der Waals surface area contributed by atoms with Crippen LogP contribution < -0.4 is 10.1 Å². The molecule has 5 nitrogen and oxygen atoms in total. The van der Waals surface area contributed by atoms with Gasteiger partial charge in [0.2, 0.25) is 5.91 Å². The van der Waals surface area contributed by atoms with Crippen LogP contribution in [0.25, 0.3) is 0 Å². The number of amides is 1. The van der Waals surface area contributed by atoms with Gasteiger partial charge in [-0.25, -0.2) is 4.39 Å². The molecule has 138 valence electrons. The maximum absolute atomic E-state index is 14.2. The molecule has 1 aliphatic carbocycles. The number of benzene rings is 1. The van der Waals surface area contributed by atoms with Gasteiger partial charge in [-0.3, -0.25) is 9.69 Å². The molecule has 1 heterocycles. The lowest BCUT2D eigenvalue weighted by atomic mass is 9.84. The summed E-state index contributed by atoms with van der Waals surface area (Å²) in [7, 11) is 1.50. The first-order chi connectivity index (χ1) is 12.1. The fraction of sp³-hybridized carbons (Fsp3) is 0.632. The van der Waals surface area contributed by atoms with Crippen LogP contribution in [0.5, 0.6) is 5.75 Å². The second-order valence-corrected chi connectivity index (χ2v) is 6.97. The van der Waals surface area contributed by atoms with Gasteiger partial charge >= 0.3 is 0 Å². The predicted octanol–water partition coefficient (Wildman–Crippen LogP) is 2.51. The SMILES string of the molecule is COc1cccc(F)c1[C@H](C)NC(=O)[C@H]1COCCN1CC1CCC1. The van der Waals surface area contributed by atoms with Crippen LogP contribution in [0.3, 0.4) is 0 Å². The second kappa shape index (κ2) is 8.15. The topological polar surface area (TPSA) is 50.8 Å². The van der Waals surface area contributed by atoms with Crippen molar-refractivity contribution in [2.45, 2.75) is 38.3 Å². The van der Waals surface area contributed by atoms with E-state index in [9.17, 15) is 9.18 Å². The van der Waals surface area contributed by atoms with Crippen LogP contribution in [0.1, 0.15) is 37.8 Å². The Labute approximate surface area is 148 Å². The lowest BCUT2D eigenvalue weighted by Crippen LogP contribution is -2.55. The van der Waals surface area contributed by atoms with Crippen LogP contribution in [0.4, 0.5) is 4.39 Å². The number of hydrogen-bond donors (Lipinski definition) is 1. The van der Waals surface area contributed by atoms with E-state index in [1.807, 2.05) is 0 Å². The van der Waals surface area contributed by atoms with Crippen molar-refractivity contribution in [3.05, 3.63) is 29.6 Å². The Bertz CT molecular complexity index is 606. The van der Waals surface area contributed by atoms with E-state index in [2.05, 4.69) is 10.2 Å². The van der Waals surface area contributed by atoms with E-state index in [0.29, 0.717) is 30.4 Å². The largest absolute Gasteiger partial charge is 0.496 e. The number of methoxy groups -OCH3 is 1. The fourth-order valence-corrected chi connectivity index (χ4v) is 3.60. The molecular weight excluding hydrogens is 323 g/mol. The molecule has 1 amide bonds. The van der Waals surface area contributed by atoms with Gasteiger partial charge in [0.15, 0.2) is 0 Å². The molecule has 3 rings (SSSR count). The zero-order chi connectivity index (χ0) is 17.8. The van der Waals surface area contributed by atoms with Gasteiger partial charge in [0, 0.05) is 13.1 Å². The Morgan fingerprint density at radius 1 is 1.48 bits per heavy atom. The zero-order valence-corrected chi connectivity index (χ0v) is 15.0. The number of rotatable bonds is 6. The third-order valence-electron chi connectivity index (χ3n) is 5.28. The lowest BCUT2D eigenvalue weighted by molar-refractivity contribution is -0.134. The van der Waals surface area contributed by atoms with E-state index < -0.39 is 6.04 Å². The van der Waals surface area contributed by atoms with Crippen LogP contribution in [0.15, 0.2) is 18.2 Å². The van der Waals surface area contributed by atoms with E-state index in [1.165, 1.54) is 32.4 Å². The molecule has 6 heteroatoms. The normalized spacial score (nSPS) is 22.9. The van der Waals surface area contributed by atoms with E-state index in [-0.39, 0.29) is 17.8 Å². The summed E-state index contributed by atoms with van der Waals surface area (Å²) in [6, 6.07) is 3.90. The van der Waals surface area contributed by atoms with Gasteiger partial charge in [-0.1, -0.05) is 12.5 Å². The number of carbonyl (C=O) groups excluding carboxylic acids is 1. The summed E-state index contributed by atoms with van der Waals surface area (Å²) in [6.07, 6.45) is 3.78. The average molecular weight is 350 g/mol. The van der Waals surface area contributed by atoms with Crippen molar-refractivity contribution >= 4 is 5.91 Å². The van der Waals surface area contributed by atoms with E-state index >= 15 is 0 Å². The van der Waals surface area contributed by atoms with Crippen molar-refractivity contribution in [3.8, 4) is 5.75 Å². The first-order valence-corrected chi connectivity index (χ1v) is 9.04. The minimum Gasteiger partial charge on any atom is -0.496 e. The number of halogens is 1. The van der Waals surface area contributed by atoms with Crippen LogP contribution in [-0.4, -0.2) is 50.3 Å². The summed E-state index contributed by atoms with van der Waals surface area (Å²) in [6.45, 7) is 4.54. The lowest BCUT2D eigenvalue weighted by Gasteiger charge is -2.39. The van der Waals surface area contributed by atoms with Crippen molar-refractivity contribution in [2.24, 2.45) is 5.92 Å². The molecular formula is C19H27FN2O3. The maximum Gasteiger partial charge on any atom is 0.240 e. The highest BCUT2D eigenvalue weighted by atomic mass is 19.1. The van der Waals surface area contributed by atoms with Crippen LogP contribution in [0.2, 0.25) is 0 Å². The minimum atomic E-state index is -0.476. The molecule has 2 fully saturated rings. The smallest absolute Gasteiger partial charge is 0.240 e. The van der Waals surface area contributed by atoms with Gasteiger partial charge in [0.1, 0.15) is 17.6 Å². The average Bonchev–Trinajstić information content (AvgIpc) is 2.57. The van der Waals surface area contributed by atoms with Gasteiger partial charge in [-0.05, 0) is 37.8 Å². The highest BCUT2D eigenvalue weighted by Crippen LogP contribution is 2.29. The third kappa shape index (κ3) is 4.12. The molecule has 1 saturated carbocycles.